The number of hydrogen-bond acceptors (Lipinski definition) is 6. The highest BCUT2D eigenvalue weighted by Gasteiger charge is 2.06. The molecule has 0 aliphatic carbocycles. The van der Waals surface area contributed by atoms with Gasteiger partial charge in [0, 0.05) is 36.4 Å². The predicted molar refractivity (Wildman–Crippen MR) is 90.0 cm³/mol. The predicted octanol–water partition coefficient (Wildman–Crippen LogP) is 1.36. The van der Waals surface area contributed by atoms with E-state index >= 15 is 0 Å². The Kier molecular flexibility index (Phi) is 6.60. The molecule has 0 aromatic carbocycles. The van der Waals surface area contributed by atoms with Gasteiger partial charge >= 0.3 is 5.97 Å². The lowest BCUT2D eigenvalue weighted by molar-refractivity contribution is -0.137. The van der Waals surface area contributed by atoms with Gasteiger partial charge in [0.05, 0.1) is 11.4 Å². The third-order valence-corrected chi connectivity index (χ3v) is 4.70. The quantitative estimate of drug-likeness (QED) is 0.659. The summed E-state index contributed by atoms with van der Waals surface area (Å²) in [5.74, 6) is -0.141. The van der Waals surface area contributed by atoms with E-state index in [-0.39, 0.29) is 23.6 Å². The van der Waals surface area contributed by atoms with Crippen LogP contribution in [0.5, 0.6) is 0 Å². The fourth-order valence-electron chi connectivity index (χ4n) is 1.89. The molecule has 0 spiro atoms. The highest BCUT2D eigenvalue weighted by molar-refractivity contribution is 7.99. The van der Waals surface area contributed by atoms with Gasteiger partial charge in [-0.25, -0.2) is 4.98 Å². The van der Waals surface area contributed by atoms with Crippen LogP contribution >= 0.6 is 23.1 Å². The van der Waals surface area contributed by atoms with Crippen LogP contribution in [0.25, 0.3) is 4.96 Å². The second kappa shape index (κ2) is 8.68. The van der Waals surface area contributed by atoms with Crippen molar-refractivity contribution >= 4 is 39.9 Å². The van der Waals surface area contributed by atoms with E-state index in [4.69, 9.17) is 5.11 Å². The molecule has 2 aromatic heterocycles. The first-order valence-electron chi connectivity index (χ1n) is 7.08. The molecule has 0 radical (unpaired) electrons. The van der Waals surface area contributed by atoms with Gasteiger partial charge in [0.25, 0.3) is 5.56 Å². The molecule has 0 bridgehead atoms. The normalized spacial score (nSPS) is 10.8. The van der Waals surface area contributed by atoms with Gasteiger partial charge in [-0.15, -0.1) is 23.1 Å². The van der Waals surface area contributed by atoms with Gasteiger partial charge in [0.15, 0.2) is 4.96 Å². The number of carbonyl (C=O) groups excluding carboxylic acids is 1. The third kappa shape index (κ3) is 5.68. The molecule has 2 aromatic rings. The Morgan fingerprint density at radius 1 is 1.39 bits per heavy atom. The summed E-state index contributed by atoms with van der Waals surface area (Å²) in [5, 5.41) is 13.0. The summed E-state index contributed by atoms with van der Waals surface area (Å²) >= 11 is 2.79. The lowest BCUT2D eigenvalue weighted by Gasteiger charge is -2.04. The first-order chi connectivity index (χ1) is 11.1. The number of nitrogens with zero attached hydrogens (tertiary/aromatic N) is 2. The van der Waals surface area contributed by atoms with Gasteiger partial charge in [-0.05, 0) is 12.8 Å². The Labute approximate surface area is 140 Å². The molecule has 1 amide bonds. The summed E-state index contributed by atoms with van der Waals surface area (Å²) in [6.07, 6.45) is 3.01. The van der Waals surface area contributed by atoms with E-state index in [1.54, 1.807) is 11.6 Å². The highest BCUT2D eigenvalue weighted by atomic mass is 32.2. The molecule has 2 rings (SSSR count). The Balaban J connectivity index is 1.68. The second-order valence-corrected chi connectivity index (χ2v) is 6.69. The Hall–Kier alpha value is -1.87. The zero-order valence-corrected chi connectivity index (χ0v) is 14.0. The maximum atomic E-state index is 11.8. The minimum absolute atomic E-state index is 0.0979. The average Bonchev–Trinajstić information content (AvgIpc) is 2.95. The van der Waals surface area contributed by atoms with Crippen molar-refractivity contribution in [2.75, 3.05) is 12.3 Å². The molecule has 0 unspecified atom stereocenters. The maximum absolute atomic E-state index is 11.8. The van der Waals surface area contributed by atoms with Crippen LogP contribution in [-0.2, 0) is 15.3 Å². The summed E-state index contributed by atoms with van der Waals surface area (Å²) in [6.45, 7) is 0.480. The Morgan fingerprint density at radius 2 is 2.22 bits per heavy atom. The van der Waals surface area contributed by atoms with E-state index in [2.05, 4.69) is 10.3 Å². The minimum atomic E-state index is -0.821. The number of nitrogens with one attached hydrogen (secondary N) is 1. The van der Waals surface area contributed by atoms with Crippen LogP contribution < -0.4 is 10.9 Å². The number of aromatic nitrogens is 2. The Bertz CT molecular complexity index is 741. The largest absolute Gasteiger partial charge is 0.481 e. The fraction of sp³-hybridized carbons (Fsp3) is 0.429. The maximum Gasteiger partial charge on any atom is 0.303 e. The van der Waals surface area contributed by atoms with Gasteiger partial charge in [-0.3, -0.25) is 18.8 Å². The molecule has 0 saturated carbocycles. The molecule has 7 nitrogen and oxygen atoms in total. The van der Waals surface area contributed by atoms with Gasteiger partial charge in [0.1, 0.15) is 0 Å². The molecule has 9 heteroatoms. The number of thioether (sulfide) groups is 1. The number of fused-ring (bicyclic) bond motifs is 1. The minimum Gasteiger partial charge on any atom is -0.481 e. The lowest BCUT2D eigenvalue weighted by atomic mass is 10.2. The number of carboxylic acid groups (broad SMARTS) is 1. The van der Waals surface area contributed by atoms with Crippen molar-refractivity contribution in [3.63, 3.8) is 0 Å². The first-order valence-corrected chi connectivity index (χ1v) is 9.12. The molecular formula is C14H17N3O4S2. The summed E-state index contributed by atoms with van der Waals surface area (Å²) in [5.41, 5.74) is 0.548. The van der Waals surface area contributed by atoms with Crippen LogP contribution in [0.15, 0.2) is 22.4 Å². The van der Waals surface area contributed by atoms with E-state index in [9.17, 15) is 14.4 Å². The average molecular weight is 355 g/mol. The molecular weight excluding hydrogens is 338 g/mol. The number of thiazole rings is 1. The molecule has 0 saturated heterocycles. The number of amides is 1. The third-order valence-electron chi connectivity index (χ3n) is 2.98. The molecule has 0 aliphatic rings. The van der Waals surface area contributed by atoms with Gasteiger partial charge in [0.2, 0.25) is 5.91 Å². The van der Waals surface area contributed by atoms with Crippen LogP contribution in [0, 0.1) is 0 Å². The molecule has 0 atom stereocenters. The van der Waals surface area contributed by atoms with Gasteiger partial charge in [-0.1, -0.05) is 0 Å². The summed E-state index contributed by atoms with van der Waals surface area (Å²) < 4.78 is 1.49. The molecule has 0 fully saturated rings. The molecule has 124 valence electrons. The summed E-state index contributed by atoms with van der Waals surface area (Å²) in [4.78, 5) is 38.8. The molecule has 2 N–H and O–H groups in total. The van der Waals surface area contributed by atoms with E-state index in [1.807, 2.05) is 0 Å². The van der Waals surface area contributed by atoms with E-state index in [0.717, 1.165) is 0 Å². The van der Waals surface area contributed by atoms with Crippen LogP contribution in [-0.4, -0.2) is 38.7 Å². The van der Waals surface area contributed by atoms with Gasteiger partial charge in [-0.2, -0.15) is 0 Å². The number of hydrogen-bond donors (Lipinski definition) is 2. The zero-order valence-electron chi connectivity index (χ0n) is 12.4. The van der Waals surface area contributed by atoms with Crippen molar-refractivity contribution < 1.29 is 14.7 Å². The Morgan fingerprint density at radius 3 is 3.00 bits per heavy atom. The number of rotatable bonds is 9. The van der Waals surface area contributed by atoms with Crippen molar-refractivity contribution in [3.8, 4) is 0 Å². The second-order valence-electron chi connectivity index (χ2n) is 4.83. The van der Waals surface area contributed by atoms with E-state index < -0.39 is 5.97 Å². The standard InChI is InChI=1S/C14H17N3O4S2/c18-11(15-4-2-1-3-13(20)21)9-22-8-10-7-12(19)17-5-6-23-14(17)16-10/h5-7H,1-4,8-9H2,(H,15,18)(H,20,21). The van der Waals surface area contributed by atoms with Gasteiger partial charge < -0.3 is 10.4 Å². The number of carboxylic acids is 1. The SMILES string of the molecule is O=C(O)CCCCNC(=O)CSCc1cc(=O)n2ccsc2n1. The van der Waals surface area contributed by atoms with Crippen molar-refractivity contribution in [1.82, 2.24) is 14.7 Å². The number of carbonyl (C=O) groups is 2. The fourth-order valence-corrected chi connectivity index (χ4v) is 3.38. The topological polar surface area (TPSA) is 101 Å². The van der Waals surface area contributed by atoms with Crippen LogP contribution in [0.4, 0.5) is 0 Å². The lowest BCUT2D eigenvalue weighted by Crippen LogP contribution is -2.26. The van der Waals surface area contributed by atoms with Crippen LogP contribution in [0.2, 0.25) is 0 Å². The van der Waals surface area contributed by atoms with Crippen molar-refractivity contribution in [3.05, 3.63) is 33.7 Å². The van der Waals surface area contributed by atoms with Crippen molar-refractivity contribution in [2.24, 2.45) is 0 Å². The first kappa shape index (κ1) is 17.5. The highest BCUT2D eigenvalue weighted by Crippen LogP contribution is 2.12. The smallest absolute Gasteiger partial charge is 0.303 e. The molecule has 23 heavy (non-hydrogen) atoms. The van der Waals surface area contributed by atoms with Crippen molar-refractivity contribution in [2.45, 2.75) is 25.0 Å². The number of aliphatic carboxylic acids is 1. The summed E-state index contributed by atoms with van der Waals surface area (Å²) in [6, 6.07) is 1.48. The van der Waals surface area contributed by atoms with E-state index in [0.29, 0.717) is 35.8 Å². The zero-order chi connectivity index (χ0) is 16.7. The number of unbranched alkanes of at least 4 members (excludes halogenated alkanes) is 1. The summed E-state index contributed by atoms with van der Waals surface area (Å²) in [7, 11) is 0. The van der Waals surface area contributed by atoms with Crippen LogP contribution in [0.1, 0.15) is 25.0 Å². The monoisotopic (exact) mass is 355 g/mol. The van der Waals surface area contributed by atoms with Crippen LogP contribution in [0.3, 0.4) is 0 Å². The molecule has 0 aliphatic heterocycles. The van der Waals surface area contributed by atoms with E-state index in [1.165, 1.54) is 33.6 Å². The van der Waals surface area contributed by atoms with Crippen molar-refractivity contribution in [1.29, 1.82) is 0 Å². The molecule has 2 heterocycles.